The fourth-order valence-corrected chi connectivity index (χ4v) is 2.70. The molecule has 5 nitrogen and oxygen atoms in total. The predicted octanol–water partition coefficient (Wildman–Crippen LogP) is 1.85. The van der Waals surface area contributed by atoms with Gasteiger partial charge in [-0.25, -0.2) is 8.78 Å². The molecule has 0 aromatic heterocycles. The number of nitrogens with two attached hydrogens (primary N) is 1. The number of nitrogens with zero attached hydrogens (tertiary/aromatic N) is 1. The number of ether oxygens (including phenoxy) is 1. The second-order valence-electron chi connectivity index (χ2n) is 5.78. The minimum atomic E-state index is -1.02. The lowest BCUT2D eigenvalue weighted by atomic mass is 9.93. The monoisotopic (exact) mass is 326 g/mol. The van der Waals surface area contributed by atoms with Gasteiger partial charge in [-0.3, -0.25) is 9.59 Å². The van der Waals surface area contributed by atoms with Crippen LogP contribution in [0.25, 0.3) is 0 Å². The highest BCUT2D eigenvalue weighted by Crippen LogP contribution is 2.22. The molecule has 1 unspecified atom stereocenters. The lowest BCUT2D eigenvalue weighted by Gasteiger charge is -2.33. The van der Waals surface area contributed by atoms with Crippen LogP contribution in [0.1, 0.15) is 26.2 Å². The zero-order valence-corrected chi connectivity index (χ0v) is 12.9. The van der Waals surface area contributed by atoms with Gasteiger partial charge in [0.2, 0.25) is 5.91 Å². The number of benzene rings is 1. The largest absolute Gasteiger partial charge is 0.481 e. The van der Waals surface area contributed by atoms with Gasteiger partial charge in [0.25, 0.3) is 5.91 Å². The Bertz CT molecular complexity index is 587. The van der Waals surface area contributed by atoms with E-state index in [1.165, 1.54) is 6.07 Å². The number of primary amides is 1. The molecule has 1 aliphatic heterocycles. The van der Waals surface area contributed by atoms with Crippen molar-refractivity contribution >= 4 is 11.8 Å². The first-order chi connectivity index (χ1) is 10.9. The number of hydrogen-bond acceptors (Lipinski definition) is 3. The number of likely N-dealkylation sites (tertiary alicyclic amines) is 1. The smallest absolute Gasteiger partial charge is 0.263 e. The summed E-state index contributed by atoms with van der Waals surface area (Å²) in [5, 5.41) is 0. The molecule has 0 aliphatic carbocycles. The molecule has 7 heteroatoms. The lowest BCUT2D eigenvalue weighted by Crippen LogP contribution is -2.45. The number of carbonyl (C=O) groups excluding carboxylic acids is 2. The third kappa shape index (κ3) is 4.64. The highest BCUT2D eigenvalue weighted by atomic mass is 19.2. The van der Waals surface area contributed by atoms with Crippen molar-refractivity contribution in [2.24, 2.45) is 11.7 Å². The number of halogens is 2. The van der Waals surface area contributed by atoms with Crippen LogP contribution in [0.4, 0.5) is 8.78 Å². The summed E-state index contributed by atoms with van der Waals surface area (Å²) >= 11 is 0. The van der Waals surface area contributed by atoms with E-state index in [0.717, 1.165) is 12.1 Å². The van der Waals surface area contributed by atoms with Crippen molar-refractivity contribution in [1.82, 2.24) is 4.90 Å². The average molecular weight is 326 g/mol. The van der Waals surface area contributed by atoms with Gasteiger partial charge in [0.05, 0.1) is 0 Å². The molecule has 1 atom stereocenters. The summed E-state index contributed by atoms with van der Waals surface area (Å²) in [6, 6.07) is 3.15. The Morgan fingerprint density at radius 1 is 1.30 bits per heavy atom. The Hall–Kier alpha value is -2.18. The van der Waals surface area contributed by atoms with Crippen LogP contribution >= 0.6 is 0 Å². The van der Waals surface area contributed by atoms with E-state index >= 15 is 0 Å². The van der Waals surface area contributed by atoms with Crippen LogP contribution < -0.4 is 10.5 Å². The molecule has 1 saturated heterocycles. The zero-order chi connectivity index (χ0) is 17.0. The number of amides is 2. The lowest BCUT2D eigenvalue weighted by molar-refractivity contribution is -0.139. The highest BCUT2D eigenvalue weighted by Gasteiger charge is 2.27. The summed E-state index contributed by atoms with van der Waals surface area (Å²) in [7, 11) is 0. The predicted molar refractivity (Wildman–Crippen MR) is 79.6 cm³/mol. The highest BCUT2D eigenvalue weighted by molar-refractivity contribution is 5.81. The first-order valence-electron chi connectivity index (χ1n) is 7.55. The summed E-state index contributed by atoms with van der Waals surface area (Å²) in [5.41, 5.74) is 5.18. The molecule has 23 heavy (non-hydrogen) atoms. The van der Waals surface area contributed by atoms with Gasteiger partial charge in [0, 0.05) is 25.6 Å². The van der Waals surface area contributed by atoms with Crippen molar-refractivity contribution in [2.45, 2.75) is 32.3 Å². The molecule has 0 bridgehead atoms. The molecule has 2 N–H and O–H groups in total. The van der Waals surface area contributed by atoms with Crippen molar-refractivity contribution in [3.8, 4) is 5.75 Å². The molecule has 1 aromatic carbocycles. The van der Waals surface area contributed by atoms with E-state index in [0.29, 0.717) is 32.4 Å². The number of rotatable bonds is 5. The molecular formula is C16H20F2N2O3. The van der Waals surface area contributed by atoms with E-state index in [1.807, 2.05) is 0 Å². The third-order valence-electron chi connectivity index (χ3n) is 3.97. The van der Waals surface area contributed by atoms with Crippen LogP contribution in [0, 0.1) is 17.6 Å². The Morgan fingerprint density at radius 3 is 2.52 bits per heavy atom. The molecule has 0 spiro atoms. The van der Waals surface area contributed by atoms with Crippen LogP contribution in [-0.2, 0) is 9.59 Å². The Balaban J connectivity index is 1.88. The van der Waals surface area contributed by atoms with Crippen molar-refractivity contribution in [3.05, 3.63) is 29.8 Å². The Kier molecular flexibility index (Phi) is 5.52. The van der Waals surface area contributed by atoms with E-state index in [4.69, 9.17) is 10.5 Å². The third-order valence-corrected chi connectivity index (χ3v) is 3.97. The molecular weight excluding hydrogens is 306 g/mol. The maximum Gasteiger partial charge on any atom is 0.263 e. The van der Waals surface area contributed by atoms with Gasteiger partial charge >= 0.3 is 0 Å². The first kappa shape index (κ1) is 17.2. The molecule has 126 valence electrons. The molecule has 0 radical (unpaired) electrons. The van der Waals surface area contributed by atoms with Gasteiger partial charge in [-0.15, -0.1) is 0 Å². The van der Waals surface area contributed by atoms with Crippen LogP contribution in [0.15, 0.2) is 18.2 Å². The summed E-state index contributed by atoms with van der Waals surface area (Å²) in [6.07, 6.45) is 0.967. The molecule has 1 aliphatic rings. The van der Waals surface area contributed by atoms with Gasteiger partial charge in [0.15, 0.2) is 17.7 Å². The quantitative estimate of drug-likeness (QED) is 0.897. The van der Waals surface area contributed by atoms with E-state index in [2.05, 4.69) is 0 Å². The van der Waals surface area contributed by atoms with Crippen LogP contribution in [0.5, 0.6) is 5.75 Å². The normalized spacial score (nSPS) is 16.9. The second kappa shape index (κ2) is 7.39. The van der Waals surface area contributed by atoms with Gasteiger partial charge in [-0.2, -0.15) is 0 Å². The van der Waals surface area contributed by atoms with Gasteiger partial charge in [-0.1, -0.05) is 0 Å². The van der Waals surface area contributed by atoms with E-state index in [9.17, 15) is 18.4 Å². The minimum Gasteiger partial charge on any atom is -0.481 e. The SMILES string of the molecule is CC(Oc1ccc(F)c(F)c1)C(=O)N1CCC(CC(N)=O)CC1. The van der Waals surface area contributed by atoms with Crippen molar-refractivity contribution in [3.63, 3.8) is 0 Å². The maximum absolute atomic E-state index is 13.1. The van der Waals surface area contributed by atoms with Crippen LogP contribution in [0.2, 0.25) is 0 Å². The summed E-state index contributed by atoms with van der Waals surface area (Å²) in [4.78, 5) is 24.9. The Labute approximate surface area is 133 Å². The molecule has 1 fully saturated rings. The molecule has 1 aromatic rings. The number of hydrogen-bond donors (Lipinski definition) is 1. The maximum atomic E-state index is 13.1. The molecule has 2 rings (SSSR count). The van der Waals surface area contributed by atoms with Crippen molar-refractivity contribution < 1.29 is 23.1 Å². The first-order valence-corrected chi connectivity index (χ1v) is 7.55. The van der Waals surface area contributed by atoms with Crippen molar-refractivity contribution in [2.75, 3.05) is 13.1 Å². The van der Waals surface area contributed by atoms with E-state index in [1.54, 1.807) is 11.8 Å². The van der Waals surface area contributed by atoms with Crippen LogP contribution in [-0.4, -0.2) is 35.9 Å². The molecule has 2 amide bonds. The average Bonchev–Trinajstić information content (AvgIpc) is 2.50. The Morgan fingerprint density at radius 2 is 1.96 bits per heavy atom. The van der Waals surface area contributed by atoms with Gasteiger partial charge in [0.1, 0.15) is 5.75 Å². The van der Waals surface area contributed by atoms with E-state index < -0.39 is 17.7 Å². The fraction of sp³-hybridized carbons (Fsp3) is 0.500. The molecule has 1 heterocycles. The number of piperidine rings is 1. The summed E-state index contributed by atoms with van der Waals surface area (Å²) in [5.74, 6) is -2.22. The second-order valence-corrected chi connectivity index (χ2v) is 5.78. The minimum absolute atomic E-state index is 0.105. The van der Waals surface area contributed by atoms with Gasteiger partial charge in [-0.05, 0) is 37.8 Å². The number of carbonyl (C=O) groups is 2. The van der Waals surface area contributed by atoms with Gasteiger partial charge < -0.3 is 15.4 Å². The molecule has 0 saturated carbocycles. The fourth-order valence-electron chi connectivity index (χ4n) is 2.70. The van der Waals surface area contributed by atoms with E-state index in [-0.39, 0.29) is 23.5 Å². The topological polar surface area (TPSA) is 72.6 Å². The summed E-state index contributed by atoms with van der Waals surface area (Å²) < 4.78 is 31.4. The zero-order valence-electron chi connectivity index (χ0n) is 12.9. The standard InChI is InChI=1S/C16H20F2N2O3/c1-10(23-12-2-3-13(17)14(18)9-12)16(22)20-6-4-11(5-7-20)8-15(19)21/h2-3,9-11H,4-8H2,1H3,(H2,19,21). The van der Waals surface area contributed by atoms with Crippen LogP contribution in [0.3, 0.4) is 0 Å². The summed E-state index contributed by atoms with van der Waals surface area (Å²) in [6.45, 7) is 2.63. The van der Waals surface area contributed by atoms with Crippen molar-refractivity contribution in [1.29, 1.82) is 0 Å².